The first-order valence-corrected chi connectivity index (χ1v) is 5.43. The Morgan fingerprint density at radius 1 is 1.20 bits per heavy atom. The molecular formula is C10H12F3N5O2. The zero-order chi connectivity index (χ0) is 15.2. The second-order valence-electron chi connectivity index (χ2n) is 3.74. The largest absolute Gasteiger partial charge is 0.405 e. The van der Waals surface area contributed by atoms with Crippen molar-refractivity contribution < 1.29 is 22.8 Å². The van der Waals surface area contributed by atoms with E-state index in [1.165, 1.54) is 12.4 Å². The number of nitrogens with one attached hydrogen (secondary N) is 3. The van der Waals surface area contributed by atoms with Gasteiger partial charge in [0.25, 0.3) is 0 Å². The molecule has 0 saturated heterocycles. The Morgan fingerprint density at radius 2 is 1.90 bits per heavy atom. The Balaban J connectivity index is 2.29. The fourth-order valence-corrected chi connectivity index (χ4v) is 1.04. The second kappa shape index (κ2) is 6.68. The van der Waals surface area contributed by atoms with Gasteiger partial charge in [0, 0.05) is 0 Å². The maximum absolute atomic E-state index is 11.8. The number of aromatic nitrogens is 2. The lowest BCUT2D eigenvalue weighted by atomic mass is 10.5. The van der Waals surface area contributed by atoms with Crippen LogP contribution in [0.2, 0.25) is 0 Å². The van der Waals surface area contributed by atoms with E-state index in [2.05, 4.69) is 20.6 Å². The Labute approximate surface area is 112 Å². The average molecular weight is 291 g/mol. The molecule has 0 aliphatic rings. The molecular weight excluding hydrogens is 279 g/mol. The molecule has 1 aromatic heterocycles. The van der Waals surface area contributed by atoms with E-state index in [1.54, 1.807) is 12.2 Å². The predicted octanol–water partition coefficient (Wildman–Crippen LogP) is 0.585. The van der Waals surface area contributed by atoms with Crippen molar-refractivity contribution in [3.8, 4) is 0 Å². The zero-order valence-corrected chi connectivity index (χ0v) is 10.4. The zero-order valence-electron chi connectivity index (χ0n) is 10.4. The maximum atomic E-state index is 11.8. The number of halogens is 3. The molecule has 0 aromatic carbocycles. The summed E-state index contributed by atoms with van der Waals surface area (Å²) in [5.74, 6) is -0.795. The van der Waals surface area contributed by atoms with E-state index >= 15 is 0 Å². The molecule has 0 bridgehead atoms. The van der Waals surface area contributed by atoms with Crippen LogP contribution in [0.5, 0.6) is 0 Å². The fourth-order valence-electron chi connectivity index (χ4n) is 1.04. The van der Waals surface area contributed by atoms with Crippen LogP contribution in [0.4, 0.5) is 23.8 Å². The quantitative estimate of drug-likeness (QED) is 0.756. The topological polar surface area (TPSA) is 96.0 Å². The summed E-state index contributed by atoms with van der Waals surface area (Å²) in [5, 5.41) is 5.97. The van der Waals surface area contributed by atoms with Crippen molar-refractivity contribution in [3.63, 3.8) is 0 Å². The number of aryl methyl sites for hydroxylation is 1. The van der Waals surface area contributed by atoms with E-state index in [-0.39, 0.29) is 5.82 Å². The van der Waals surface area contributed by atoms with Crippen LogP contribution < -0.4 is 16.0 Å². The van der Waals surface area contributed by atoms with E-state index in [1.807, 2.05) is 0 Å². The predicted molar refractivity (Wildman–Crippen MR) is 62.9 cm³/mol. The third-order valence-electron chi connectivity index (χ3n) is 1.92. The van der Waals surface area contributed by atoms with Crippen LogP contribution in [0.1, 0.15) is 5.69 Å². The number of anilines is 1. The SMILES string of the molecule is Cc1cnc(NC(=O)NCC(=O)NCC(F)(F)F)cn1. The van der Waals surface area contributed by atoms with Gasteiger partial charge in [-0.2, -0.15) is 13.2 Å². The first kappa shape index (κ1) is 15.7. The molecule has 0 aliphatic carbocycles. The van der Waals surface area contributed by atoms with Gasteiger partial charge in [-0.25, -0.2) is 9.78 Å². The van der Waals surface area contributed by atoms with Gasteiger partial charge in [0.2, 0.25) is 5.91 Å². The lowest BCUT2D eigenvalue weighted by Gasteiger charge is -2.09. The van der Waals surface area contributed by atoms with Crippen molar-refractivity contribution in [1.29, 1.82) is 0 Å². The smallest absolute Gasteiger partial charge is 0.345 e. The minimum atomic E-state index is -4.49. The number of hydrogen-bond donors (Lipinski definition) is 3. The van der Waals surface area contributed by atoms with Crippen LogP contribution in [0.3, 0.4) is 0 Å². The van der Waals surface area contributed by atoms with Crippen LogP contribution in [0.25, 0.3) is 0 Å². The monoisotopic (exact) mass is 291 g/mol. The number of amides is 3. The summed E-state index contributed by atoms with van der Waals surface area (Å²) in [5.41, 5.74) is 0.655. The first-order chi connectivity index (χ1) is 9.26. The van der Waals surface area contributed by atoms with Crippen LogP contribution >= 0.6 is 0 Å². The van der Waals surface area contributed by atoms with Gasteiger partial charge >= 0.3 is 12.2 Å². The van der Waals surface area contributed by atoms with Gasteiger partial charge in [-0.05, 0) is 6.92 Å². The van der Waals surface area contributed by atoms with E-state index < -0.39 is 31.2 Å². The fraction of sp³-hybridized carbons (Fsp3) is 0.400. The summed E-state index contributed by atoms with van der Waals surface area (Å²) in [6.45, 7) is -0.318. The minimum absolute atomic E-state index is 0.156. The third-order valence-corrected chi connectivity index (χ3v) is 1.92. The number of urea groups is 1. The number of rotatable bonds is 4. The molecule has 0 saturated carbocycles. The van der Waals surface area contributed by atoms with Gasteiger partial charge in [0.05, 0.1) is 24.6 Å². The number of alkyl halides is 3. The molecule has 3 N–H and O–H groups in total. The highest BCUT2D eigenvalue weighted by atomic mass is 19.4. The molecule has 1 rings (SSSR count). The summed E-state index contributed by atoms with van der Waals surface area (Å²) in [6.07, 6.45) is -1.76. The van der Waals surface area contributed by atoms with E-state index in [0.29, 0.717) is 5.69 Å². The highest BCUT2D eigenvalue weighted by molar-refractivity contribution is 5.91. The number of carbonyl (C=O) groups excluding carboxylic acids is 2. The number of carbonyl (C=O) groups is 2. The van der Waals surface area contributed by atoms with E-state index in [0.717, 1.165) is 0 Å². The van der Waals surface area contributed by atoms with Gasteiger partial charge in [-0.15, -0.1) is 0 Å². The van der Waals surface area contributed by atoms with Crippen LogP contribution in [-0.4, -0.2) is 41.2 Å². The van der Waals surface area contributed by atoms with Gasteiger partial charge in [-0.3, -0.25) is 15.1 Å². The summed E-state index contributed by atoms with van der Waals surface area (Å²) < 4.78 is 35.4. The van der Waals surface area contributed by atoms with Crippen LogP contribution in [0, 0.1) is 6.92 Å². The third kappa shape index (κ3) is 6.52. The van der Waals surface area contributed by atoms with Crippen molar-refractivity contribution >= 4 is 17.8 Å². The molecule has 0 fully saturated rings. The molecule has 0 radical (unpaired) electrons. The van der Waals surface area contributed by atoms with Crippen molar-refractivity contribution in [2.75, 3.05) is 18.4 Å². The van der Waals surface area contributed by atoms with Gasteiger partial charge in [-0.1, -0.05) is 0 Å². The molecule has 10 heteroatoms. The maximum Gasteiger partial charge on any atom is 0.405 e. The highest BCUT2D eigenvalue weighted by Gasteiger charge is 2.27. The molecule has 7 nitrogen and oxygen atoms in total. The van der Waals surface area contributed by atoms with Crippen molar-refractivity contribution in [2.45, 2.75) is 13.1 Å². The lowest BCUT2D eigenvalue weighted by Crippen LogP contribution is -2.42. The summed E-state index contributed by atoms with van der Waals surface area (Å²) in [4.78, 5) is 30.0. The Kier molecular flexibility index (Phi) is 5.23. The number of hydrogen-bond acceptors (Lipinski definition) is 4. The van der Waals surface area contributed by atoms with Crippen molar-refractivity contribution in [1.82, 2.24) is 20.6 Å². The van der Waals surface area contributed by atoms with E-state index in [9.17, 15) is 22.8 Å². The van der Waals surface area contributed by atoms with Crippen LogP contribution in [0.15, 0.2) is 12.4 Å². The second-order valence-corrected chi connectivity index (χ2v) is 3.74. The molecule has 0 atom stereocenters. The Bertz CT molecular complexity index is 475. The lowest BCUT2D eigenvalue weighted by molar-refractivity contribution is -0.137. The summed E-state index contributed by atoms with van der Waals surface area (Å²) >= 11 is 0. The van der Waals surface area contributed by atoms with Crippen LogP contribution in [-0.2, 0) is 4.79 Å². The van der Waals surface area contributed by atoms with Gasteiger partial charge < -0.3 is 10.6 Å². The normalized spacial score (nSPS) is 10.8. The van der Waals surface area contributed by atoms with Crippen molar-refractivity contribution in [3.05, 3.63) is 18.1 Å². The summed E-state index contributed by atoms with van der Waals surface area (Å²) in [6, 6.07) is -0.773. The molecule has 0 unspecified atom stereocenters. The first-order valence-electron chi connectivity index (χ1n) is 5.43. The average Bonchev–Trinajstić information content (AvgIpc) is 2.36. The summed E-state index contributed by atoms with van der Waals surface area (Å²) in [7, 11) is 0. The molecule has 0 spiro atoms. The highest BCUT2D eigenvalue weighted by Crippen LogP contribution is 2.11. The van der Waals surface area contributed by atoms with Gasteiger partial charge in [0.1, 0.15) is 6.54 Å². The van der Waals surface area contributed by atoms with E-state index in [4.69, 9.17) is 0 Å². The Morgan fingerprint density at radius 3 is 2.45 bits per heavy atom. The molecule has 0 aliphatic heterocycles. The van der Waals surface area contributed by atoms with Crippen molar-refractivity contribution in [2.24, 2.45) is 0 Å². The molecule has 1 heterocycles. The number of nitrogens with zero attached hydrogens (tertiary/aromatic N) is 2. The molecule has 3 amide bonds. The standard InChI is InChI=1S/C10H12F3N5O2/c1-6-2-15-7(3-14-6)18-9(20)16-4-8(19)17-5-10(11,12)13/h2-3H,4-5H2,1H3,(H,17,19)(H2,15,16,18,20). The molecule has 110 valence electrons. The molecule has 20 heavy (non-hydrogen) atoms. The Hall–Kier alpha value is -2.39. The minimum Gasteiger partial charge on any atom is -0.345 e. The van der Waals surface area contributed by atoms with Gasteiger partial charge in [0.15, 0.2) is 5.82 Å². The molecule has 1 aromatic rings.